The summed E-state index contributed by atoms with van der Waals surface area (Å²) in [5, 5.41) is 15.2. The van der Waals surface area contributed by atoms with Crippen molar-refractivity contribution in [1.29, 1.82) is 0 Å². The molecule has 1 aromatic rings. The molecule has 0 spiro atoms. The van der Waals surface area contributed by atoms with Crippen molar-refractivity contribution in [3.63, 3.8) is 0 Å². The molecule has 1 fully saturated rings. The Kier molecular flexibility index (Phi) is 2.86. The van der Waals surface area contributed by atoms with Gasteiger partial charge in [0.05, 0.1) is 11.5 Å². The second-order valence-electron chi connectivity index (χ2n) is 3.63. The molecule has 2 N–H and O–H groups in total. The molecule has 0 radical (unpaired) electrons. The first-order valence-electron chi connectivity index (χ1n) is 4.81. The molecule has 0 aliphatic carbocycles. The minimum atomic E-state index is -2.91. The summed E-state index contributed by atoms with van der Waals surface area (Å²) >= 11 is 0. The standard InChI is InChI=1S/C7H11N5O3S/c13-7(6-9-11-12-10-6)8-5-1-3-16(14,15)4-2-5/h5H,1-4H2,(H,8,13)(H,9,10,11,12). The summed E-state index contributed by atoms with van der Waals surface area (Å²) in [6.07, 6.45) is 0.873. The number of H-pyrrole nitrogens is 1. The van der Waals surface area contributed by atoms with Gasteiger partial charge in [-0.3, -0.25) is 4.79 Å². The number of tetrazole rings is 1. The highest BCUT2D eigenvalue weighted by Gasteiger charge is 2.25. The Balaban J connectivity index is 1.90. The largest absolute Gasteiger partial charge is 0.346 e. The molecule has 0 saturated carbocycles. The third kappa shape index (κ3) is 2.54. The Morgan fingerprint density at radius 1 is 1.38 bits per heavy atom. The number of aromatic nitrogens is 4. The lowest BCUT2D eigenvalue weighted by Gasteiger charge is -2.22. The molecule has 1 saturated heterocycles. The fraction of sp³-hybridized carbons (Fsp3) is 0.714. The van der Waals surface area contributed by atoms with E-state index in [1.54, 1.807) is 0 Å². The zero-order valence-corrected chi connectivity index (χ0v) is 9.20. The number of nitrogens with one attached hydrogen (secondary N) is 2. The molecule has 2 heterocycles. The fourth-order valence-corrected chi connectivity index (χ4v) is 3.03. The third-order valence-corrected chi connectivity index (χ3v) is 4.15. The van der Waals surface area contributed by atoms with Gasteiger partial charge in [-0.25, -0.2) is 8.42 Å². The maximum atomic E-state index is 11.5. The normalized spacial score (nSPS) is 20.5. The average molecular weight is 245 g/mol. The predicted octanol–water partition coefficient (Wildman–Crippen LogP) is -1.49. The number of sulfone groups is 1. The van der Waals surface area contributed by atoms with E-state index in [0.717, 1.165) is 0 Å². The van der Waals surface area contributed by atoms with Gasteiger partial charge in [-0.2, -0.15) is 5.21 Å². The van der Waals surface area contributed by atoms with Gasteiger partial charge in [0.25, 0.3) is 11.7 Å². The number of nitrogens with zero attached hydrogens (tertiary/aromatic N) is 3. The fourth-order valence-electron chi connectivity index (χ4n) is 1.54. The Morgan fingerprint density at radius 3 is 2.62 bits per heavy atom. The van der Waals surface area contributed by atoms with Crippen LogP contribution in [0.5, 0.6) is 0 Å². The summed E-state index contributed by atoms with van der Waals surface area (Å²) in [5.74, 6) is -0.236. The molecule has 0 bridgehead atoms. The van der Waals surface area contributed by atoms with E-state index in [0.29, 0.717) is 12.8 Å². The van der Waals surface area contributed by atoms with Crippen LogP contribution >= 0.6 is 0 Å². The van der Waals surface area contributed by atoms with Crippen LogP contribution in [0.25, 0.3) is 0 Å². The Hall–Kier alpha value is -1.51. The summed E-state index contributed by atoms with van der Waals surface area (Å²) in [7, 11) is -2.91. The summed E-state index contributed by atoms with van der Waals surface area (Å²) in [4.78, 5) is 11.5. The van der Waals surface area contributed by atoms with Gasteiger partial charge in [0.15, 0.2) is 0 Å². The molecule has 2 rings (SSSR count). The second-order valence-corrected chi connectivity index (χ2v) is 5.94. The van der Waals surface area contributed by atoms with Crippen molar-refractivity contribution in [2.45, 2.75) is 18.9 Å². The van der Waals surface area contributed by atoms with Crippen molar-refractivity contribution in [2.75, 3.05) is 11.5 Å². The molecule has 1 aliphatic rings. The van der Waals surface area contributed by atoms with Gasteiger partial charge >= 0.3 is 0 Å². The van der Waals surface area contributed by atoms with Crippen LogP contribution in [0, 0.1) is 0 Å². The zero-order chi connectivity index (χ0) is 11.6. The Bertz CT molecular complexity index is 454. The summed E-state index contributed by atoms with van der Waals surface area (Å²) in [6, 6.07) is -0.130. The molecule has 8 nitrogen and oxygen atoms in total. The van der Waals surface area contributed by atoms with Crippen molar-refractivity contribution in [3.05, 3.63) is 5.82 Å². The lowest BCUT2D eigenvalue weighted by molar-refractivity contribution is 0.0924. The number of carbonyl (C=O) groups is 1. The number of amides is 1. The quantitative estimate of drug-likeness (QED) is 0.655. The molecule has 0 atom stereocenters. The highest BCUT2D eigenvalue weighted by atomic mass is 32.2. The highest BCUT2D eigenvalue weighted by Crippen LogP contribution is 2.12. The maximum absolute atomic E-state index is 11.5. The number of hydrogen-bond donors (Lipinski definition) is 2. The smallest absolute Gasteiger partial charge is 0.293 e. The molecule has 1 aliphatic heterocycles. The van der Waals surface area contributed by atoms with Crippen molar-refractivity contribution >= 4 is 15.7 Å². The number of hydrogen-bond acceptors (Lipinski definition) is 6. The third-order valence-electron chi connectivity index (χ3n) is 2.44. The van der Waals surface area contributed by atoms with Gasteiger partial charge in [-0.1, -0.05) is 0 Å². The summed E-state index contributed by atoms with van der Waals surface area (Å²) < 4.78 is 22.3. The van der Waals surface area contributed by atoms with E-state index in [4.69, 9.17) is 0 Å². The molecular weight excluding hydrogens is 234 g/mol. The van der Waals surface area contributed by atoms with Gasteiger partial charge in [0, 0.05) is 6.04 Å². The first-order valence-corrected chi connectivity index (χ1v) is 6.64. The van der Waals surface area contributed by atoms with Crippen LogP contribution in [0.1, 0.15) is 23.5 Å². The monoisotopic (exact) mass is 245 g/mol. The Morgan fingerprint density at radius 2 is 2.06 bits per heavy atom. The van der Waals surface area contributed by atoms with Crippen molar-refractivity contribution < 1.29 is 13.2 Å². The second kappa shape index (κ2) is 4.16. The van der Waals surface area contributed by atoms with Crippen molar-refractivity contribution in [2.24, 2.45) is 0 Å². The average Bonchev–Trinajstić information content (AvgIpc) is 2.74. The van der Waals surface area contributed by atoms with E-state index in [1.165, 1.54) is 0 Å². The molecule has 16 heavy (non-hydrogen) atoms. The van der Waals surface area contributed by atoms with Gasteiger partial charge in [-0.05, 0) is 18.1 Å². The van der Waals surface area contributed by atoms with Gasteiger partial charge in [0.2, 0.25) is 0 Å². The minimum absolute atomic E-state index is 0.0339. The zero-order valence-electron chi connectivity index (χ0n) is 8.38. The molecule has 9 heteroatoms. The first kappa shape index (κ1) is 11.0. The molecular formula is C7H11N5O3S. The minimum Gasteiger partial charge on any atom is -0.346 e. The molecule has 0 aromatic carbocycles. The summed E-state index contributed by atoms with van der Waals surface area (Å²) in [5.41, 5.74) is 0. The maximum Gasteiger partial charge on any atom is 0.293 e. The van der Waals surface area contributed by atoms with Crippen LogP contribution in [0.4, 0.5) is 0 Å². The SMILES string of the molecule is O=C(NC1CCS(=O)(=O)CC1)c1nn[nH]n1. The highest BCUT2D eigenvalue weighted by molar-refractivity contribution is 7.91. The first-order chi connectivity index (χ1) is 7.57. The topological polar surface area (TPSA) is 118 Å². The lowest BCUT2D eigenvalue weighted by Crippen LogP contribution is -2.41. The van der Waals surface area contributed by atoms with Crippen molar-refractivity contribution in [1.82, 2.24) is 25.9 Å². The van der Waals surface area contributed by atoms with E-state index >= 15 is 0 Å². The van der Waals surface area contributed by atoms with Gasteiger partial charge in [0.1, 0.15) is 9.84 Å². The van der Waals surface area contributed by atoms with E-state index < -0.39 is 15.7 Å². The number of carbonyl (C=O) groups excluding carboxylic acids is 1. The predicted molar refractivity (Wildman–Crippen MR) is 53.3 cm³/mol. The van der Waals surface area contributed by atoms with Crippen LogP contribution in [0.2, 0.25) is 0 Å². The number of aromatic amines is 1. The summed E-state index contributed by atoms with van der Waals surface area (Å²) in [6.45, 7) is 0. The number of rotatable bonds is 2. The van der Waals surface area contributed by atoms with E-state index in [2.05, 4.69) is 25.9 Å². The van der Waals surface area contributed by atoms with E-state index in [-0.39, 0.29) is 23.4 Å². The van der Waals surface area contributed by atoms with Crippen molar-refractivity contribution in [3.8, 4) is 0 Å². The molecule has 88 valence electrons. The molecule has 1 aromatic heterocycles. The van der Waals surface area contributed by atoms with Gasteiger partial charge < -0.3 is 5.32 Å². The lowest BCUT2D eigenvalue weighted by atomic mass is 10.1. The van der Waals surface area contributed by atoms with E-state index in [9.17, 15) is 13.2 Å². The van der Waals surface area contributed by atoms with Crippen LogP contribution in [-0.4, -0.2) is 52.5 Å². The van der Waals surface area contributed by atoms with Crippen LogP contribution < -0.4 is 5.32 Å². The van der Waals surface area contributed by atoms with E-state index in [1.807, 2.05) is 0 Å². The van der Waals surface area contributed by atoms with Gasteiger partial charge in [-0.15, -0.1) is 10.2 Å². The Labute approximate surface area is 91.7 Å². The molecule has 1 amide bonds. The van der Waals surface area contributed by atoms with Crippen LogP contribution in [-0.2, 0) is 9.84 Å². The van der Waals surface area contributed by atoms with Crippen LogP contribution in [0.3, 0.4) is 0 Å². The van der Waals surface area contributed by atoms with Crippen LogP contribution in [0.15, 0.2) is 0 Å². The molecule has 0 unspecified atom stereocenters.